The largest absolute Gasteiger partial charge is 0.349 e. The van der Waals surface area contributed by atoms with E-state index in [1.54, 1.807) is 6.92 Å². The Balaban J connectivity index is 1.79. The molecule has 0 radical (unpaired) electrons. The van der Waals surface area contributed by atoms with Gasteiger partial charge in [-0.3, -0.25) is 9.59 Å². The summed E-state index contributed by atoms with van der Waals surface area (Å²) >= 11 is 1.34. The van der Waals surface area contributed by atoms with Crippen molar-refractivity contribution < 1.29 is 9.59 Å². The van der Waals surface area contributed by atoms with Gasteiger partial charge in [-0.05, 0) is 37.0 Å². The number of carbonyl (C=O) groups excluding carboxylic acids is 2. The Bertz CT molecular complexity index is 504. The van der Waals surface area contributed by atoms with E-state index in [1.165, 1.54) is 11.8 Å². The van der Waals surface area contributed by atoms with Crippen LogP contribution in [0.25, 0.3) is 6.08 Å². The van der Waals surface area contributed by atoms with Gasteiger partial charge in [-0.25, -0.2) is 0 Å². The third kappa shape index (κ3) is 5.21. The van der Waals surface area contributed by atoms with Gasteiger partial charge in [0.25, 0.3) is 5.91 Å². The minimum atomic E-state index is 0.0147. The molecule has 1 aromatic carbocycles. The Morgan fingerprint density at radius 3 is 2.60 bits per heavy atom. The summed E-state index contributed by atoms with van der Waals surface area (Å²) < 4.78 is 0. The van der Waals surface area contributed by atoms with Crippen molar-refractivity contribution >= 4 is 28.9 Å². The van der Waals surface area contributed by atoms with Crippen molar-refractivity contribution in [2.75, 3.05) is 5.75 Å². The zero-order chi connectivity index (χ0) is 14.4. The quantitative estimate of drug-likeness (QED) is 0.818. The number of amides is 1. The summed E-state index contributed by atoms with van der Waals surface area (Å²) in [5.41, 5.74) is 1.78. The Labute approximate surface area is 123 Å². The van der Waals surface area contributed by atoms with Gasteiger partial charge in [-0.1, -0.05) is 36.0 Å². The number of thioether (sulfide) groups is 1. The second-order valence-corrected chi connectivity index (χ2v) is 6.17. The summed E-state index contributed by atoms with van der Waals surface area (Å²) in [4.78, 5) is 22.6. The van der Waals surface area contributed by atoms with Crippen LogP contribution in [0.5, 0.6) is 0 Å². The van der Waals surface area contributed by atoms with E-state index in [0.29, 0.717) is 11.6 Å². The van der Waals surface area contributed by atoms with Gasteiger partial charge in [0.15, 0.2) is 5.12 Å². The molecule has 1 saturated carbocycles. The molecule has 0 aliphatic heterocycles. The van der Waals surface area contributed by atoms with Gasteiger partial charge >= 0.3 is 0 Å². The number of hydrogen-bond donors (Lipinski definition) is 1. The highest BCUT2D eigenvalue weighted by atomic mass is 32.2. The fraction of sp³-hybridized carbons (Fsp3) is 0.375. The molecule has 2 rings (SSSR count). The predicted octanol–water partition coefficient (Wildman–Crippen LogP) is 3.26. The van der Waals surface area contributed by atoms with Crippen LogP contribution in [0.2, 0.25) is 0 Å². The molecule has 4 heteroatoms. The summed E-state index contributed by atoms with van der Waals surface area (Å²) in [5.74, 6) is 0.828. The summed E-state index contributed by atoms with van der Waals surface area (Å²) in [6.07, 6.45) is 7.14. The molecule has 0 unspecified atom stereocenters. The maximum absolute atomic E-state index is 11.8. The molecule has 1 aromatic rings. The maximum atomic E-state index is 11.8. The van der Waals surface area contributed by atoms with E-state index < -0.39 is 0 Å². The number of nitrogens with one attached hydrogen (secondary N) is 1. The molecule has 0 aromatic heterocycles. The summed E-state index contributed by atoms with van der Waals surface area (Å²) in [5, 5.41) is 3.13. The van der Waals surface area contributed by atoms with Crippen LogP contribution < -0.4 is 5.32 Å². The fourth-order valence-electron chi connectivity index (χ4n) is 1.73. The summed E-state index contributed by atoms with van der Waals surface area (Å²) in [6, 6.07) is 7.97. The van der Waals surface area contributed by atoms with Gasteiger partial charge in [0.1, 0.15) is 0 Å². The van der Waals surface area contributed by atoms with E-state index >= 15 is 0 Å². The van der Waals surface area contributed by atoms with E-state index in [4.69, 9.17) is 0 Å². The molecule has 0 bridgehead atoms. The normalized spacial score (nSPS) is 14.4. The molecule has 1 amide bonds. The van der Waals surface area contributed by atoms with Crippen molar-refractivity contribution in [3.8, 4) is 0 Å². The van der Waals surface area contributed by atoms with Crippen LogP contribution in [0, 0.1) is 0 Å². The Kier molecular flexibility index (Phi) is 5.41. The van der Waals surface area contributed by atoms with Crippen molar-refractivity contribution in [1.82, 2.24) is 5.32 Å². The van der Waals surface area contributed by atoms with E-state index in [-0.39, 0.29) is 11.0 Å². The first-order valence-electron chi connectivity index (χ1n) is 6.86. The van der Waals surface area contributed by atoms with Gasteiger partial charge in [0.2, 0.25) is 0 Å². The minimum Gasteiger partial charge on any atom is -0.349 e. The molecular formula is C16H19NO2S. The number of rotatable bonds is 6. The molecule has 1 aliphatic carbocycles. The van der Waals surface area contributed by atoms with Crippen LogP contribution in [0.4, 0.5) is 0 Å². The molecule has 20 heavy (non-hydrogen) atoms. The lowest BCUT2D eigenvalue weighted by Gasteiger charge is -2.03. The van der Waals surface area contributed by atoms with Gasteiger partial charge in [-0.2, -0.15) is 0 Å². The number of hydrogen-bond acceptors (Lipinski definition) is 3. The molecule has 1 aliphatic rings. The lowest BCUT2D eigenvalue weighted by Crippen LogP contribution is -2.25. The average molecular weight is 289 g/mol. The van der Waals surface area contributed by atoms with Crippen molar-refractivity contribution in [3.63, 3.8) is 0 Å². The summed E-state index contributed by atoms with van der Waals surface area (Å²) in [7, 11) is 0. The van der Waals surface area contributed by atoms with Crippen LogP contribution >= 0.6 is 11.8 Å². The molecule has 0 spiro atoms. The Morgan fingerprint density at radius 1 is 1.30 bits per heavy atom. The smallest absolute Gasteiger partial charge is 0.251 e. The summed E-state index contributed by atoms with van der Waals surface area (Å²) in [6.45, 7) is 1.58. The third-order valence-electron chi connectivity index (χ3n) is 2.99. The monoisotopic (exact) mass is 289 g/mol. The maximum Gasteiger partial charge on any atom is 0.251 e. The number of carbonyl (C=O) groups is 2. The molecule has 1 fully saturated rings. The van der Waals surface area contributed by atoms with Crippen LogP contribution in [-0.4, -0.2) is 22.8 Å². The van der Waals surface area contributed by atoms with Crippen LogP contribution in [-0.2, 0) is 4.79 Å². The van der Waals surface area contributed by atoms with Gasteiger partial charge in [0, 0.05) is 24.3 Å². The van der Waals surface area contributed by atoms with E-state index in [0.717, 1.165) is 30.6 Å². The molecule has 0 heterocycles. The van der Waals surface area contributed by atoms with Gasteiger partial charge < -0.3 is 5.32 Å². The van der Waals surface area contributed by atoms with Crippen LogP contribution in [0.1, 0.15) is 42.1 Å². The fourth-order valence-corrected chi connectivity index (χ4v) is 2.27. The van der Waals surface area contributed by atoms with Crippen molar-refractivity contribution in [2.24, 2.45) is 0 Å². The molecule has 1 N–H and O–H groups in total. The highest BCUT2D eigenvalue weighted by Gasteiger charge is 2.23. The van der Waals surface area contributed by atoms with Crippen molar-refractivity contribution in [3.05, 3.63) is 41.5 Å². The van der Waals surface area contributed by atoms with Crippen molar-refractivity contribution in [2.45, 2.75) is 32.2 Å². The first kappa shape index (κ1) is 14.9. The van der Waals surface area contributed by atoms with E-state index in [1.807, 2.05) is 30.3 Å². The molecule has 0 atom stereocenters. The molecule has 0 saturated heterocycles. The molecule has 3 nitrogen and oxygen atoms in total. The number of benzene rings is 1. The van der Waals surface area contributed by atoms with Gasteiger partial charge in [0.05, 0.1) is 0 Å². The van der Waals surface area contributed by atoms with Gasteiger partial charge in [-0.15, -0.1) is 0 Å². The lowest BCUT2D eigenvalue weighted by atomic mass is 10.1. The van der Waals surface area contributed by atoms with Crippen LogP contribution in [0.15, 0.2) is 30.3 Å². The second-order valence-electron chi connectivity index (χ2n) is 4.90. The lowest BCUT2D eigenvalue weighted by molar-refractivity contribution is -0.109. The zero-order valence-corrected chi connectivity index (χ0v) is 12.4. The average Bonchev–Trinajstić information content (AvgIpc) is 3.22. The Hall–Kier alpha value is -1.55. The minimum absolute atomic E-state index is 0.0147. The Morgan fingerprint density at radius 2 is 2.00 bits per heavy atom. The SMILES string of the molecule is CC(=O)SCCC=Cc1ccc(C(=O)NC2CC2)cc1. The van der Waals surface area contributed by atoms with Crippen molar-refractivity contribution in [1.29, 1.82) is 0 Å². The standard InChI is InChI=1S/C16H19NO2S/c1-12(18)20-11-3-2-4-13-5-7-14(8-6-13)16(19)17-15-9-10-15/h2,4-8,15H,3,9-11H2,1H3,(H,17,19). The highest BCUT2D eigenvalue weighted by molar-refractivity contribution is 8.13. The van der Waals surface area contributed by atoms with E-state index in [9.17, 15) is 9.59 Å². The second kappa shape index (κ2) is 7.29. The molecule has 106 valence electrons. The first-order chi connectivity index (χ1) is 9.65. The zero-order valence-electron chi connectivity index (χ0n) is 11.6. The topological polar surface area (TPSA) is 46.2 Å². The first-order valence-corrected chi connectivity index (χ1v) is 7.84. The number of allylic oxidation sites excluding steroid dienone is 1. The highest BCUT2D eigenvalue weighted by Crippen LogP contribution is 2.19. The predicted molar refractivity (Wildman–Crippen MR) is 83.7 cm³/mol. The third-order valence-corrected chi connectivity index (χ3v) is 3.83. The van der Waals surface area contributed by atoms with E-state index in [2.05, 4.69) is 11.4 Å². The van der Waals surface area contributed by atoms with Crippen LogP contribution in [0.3, 0.4) is 0 Å². The molecular weight excluding hydrogens is 270 g/mol.